The molecule has 2 aromatic carbocycles. The summed E-state index contributed by atoms with van der Waals surface area (Å²) in [4.78, 5) is 0. The quantitative estimate of drug-likeness (QED) is 0.873. The van der Waals surface area contributed by atoms with Gasteiger partial charge in [-0.05, 0) is 66.5 Å². The van der Waals surface area contributed by atoms with E-state index in [4.69, 9.17) is 10.5 Å². The summed E-state index contributed by atoms with van der Waals surface area (Å²) in [5.41, 5.74) is 10.2. The van der Waals surface area contributed by atoms with Crippen LogP contribution in [0.4, 0.5) is 0 Å². The average Bonchev–Trinajstić information content (AvgIpc) is 2.63. The zero-order valence-electron chi connectivity index (χ0n) is 14.0. The first-order chi connectivity index (χ1) is 11.3. The molecule has 0 amide bonds. The zero-order chi connectivity index (χ0) is 16.1. The number of hydrogen-bond donors (Lipinski definition) is 1. The van der Waals surface area contributed by atoms with Crippen LogP contribution in [0.1, 0.15) is 54.2 Å². The summed E-state index contributed by atoms with van der Waals surface area (Å²) >= 11 is 0. The Bertz CT molecular complexity index is 620. The van der Waals surface area contributed by atoms with Crippen LogP contribution in [0.25, 0.3) is 0 Å². The lowest BCUT2D eigenvalue weighted by atomic mass is 9.71. The van der Waals surface area contributed by atoms with Gasteiger partial charge in [-0.2, -0.15) is 0 Å². The summed E-state index contributed by atoms with van der Waals surface area (Å²) in [6, 6.07) is 17.6. The predicted molar refractivity (Wildman–Crippen MR) is 96.1 cm³/mol. The van der Waals surface area contributed by atoms with Gasteiger partial charge < -0.3 is 10.5 Å². The molecule has 3 rings (SSSR count). The molecule has 0 spiro atoms. The van der Waals surface area contributed by atoms with Gasteiger partial charge in [0.2, 0.25) is 0 Å². The number of ether oxygens (including phenoxy) is 1. The summed E-state index contributed by atoms with van der Waals surface area (Å²) in [6.45, 7) is 0.719. The molecular weight excluding hydrogens is 282 g/mol. The fourth-order valence-corrected chi connectivity index (χ4v) is 4.03. The van der Waals surface area contributed by atoms with Crippen molar-refractivity contribution >= 4 is 0 Å². The maximum Gasteiger partial charge on any atom is 0.118 e. The standard InChI is InChI=1S/C21H27NO/c1-23-18-12-10-17(11-13-18)20-8-4-5-9-21(20)19-7-3-2-6-16(19)14-15-22/h2-3,6-7,10-13,20-21H,4-5,8-9,14-15,22H2,1H3/t20-,21+/m1/s1. The molecule has 0 heterocycles. The summed E-state index contributed by atoms with van der Waals surface area (Å²) in [5.74, 6) is 2.15. The fourth-order valence-electron chi connectivity index (χ4n) is 4.03. The molecule has 23 heavy (non-hydrogen) atoms. The summed E-state index contributed by atoms with van der Waals surface area (Å²) < 4.78 is 5.31. The van der Waals surface area contributed by atoms with Crippen LogP contribution in [0, 0.1) is 0 Å². The smallest absolute Gasteiger partial charge is 0.118 e. The highest BCUT2D eigenvalue weighted by Gasteiger charge is 2.29. The third kappa shape index (κ3) is 3.59. The molecule has 2 nitrogen and oxygen atoms in total. The topological polar surface area (TPSA) is 35.2 Å². The van der Waals surface area contributed by atoms with E-state index in [0.717, 1.165) is 18.7 Å². The summed E-state index contributed by atoms with van der Waals surface area (Å²) in [5, 5.41) is 0. The van der Waals surface area contributed by atoms with E-state index in [0.29, 0.717) is 11.8 Å². The third-order valence-electron chi connectivity index (χ3n) is 5.18. The Kier molecular flexibility index (Phi) is 5.35. The lowest BCUT2D eigenvalue weighted by molar-refractivity contribution is 0.383. The van der Waals surface area contributed by atoms with Gasteiger partial charge in [0, 0.05) is 0 Å². The third-order valence-corrected chi connectivity index (χ3v) is 5.18. The molecule has 0 radical (unpaired) electrons. The minimum atomic E-state index is 0.605. The molecule has 1 aliphatic carbocycles. The molecule has 1 aliphatic rings. The lowest BCUT2D eigenvalue weighted by Crippen LogP contribution is -2.18. The van der Waals surface area contributed by atoms with Crippen molar-refractivity contribution in [1.82, 2.24) is 0 Å². The molecule has 0 aliphatic heterocycles. The Morgan fingerprint density at radius 1 is 0.957 bits per heavy atom. The van der Waals surface area contributed by atoms with Crippen LogP contribution >= 0.6 is 0 Å². The van der Waals surface area contributed by atoms with Gasteiger partial charge in [0.25, 0.3) is 0 Å². The highest BCUT2D eigenvalue weighted by atomic mass is 16.5. The van der Waals surface area contributed by atoms with Crippen LogP contribution in [-0.2, 0) is 6.42 Å². The molecule has 1 saturated carbocycles. The van der Waals surface area contributed by atoms with E-state index in [2.05, 4.69) is 48.5 Å². The highest BCUT2D eigenvalue weighted by molar-refractivity contribution is 5.37. The molecule has 0 bridgehead atoms. The van der Waals surface area contributed by atoms with Crippen molar-refractivity contribution in [3.63, 3.8) is 0 Å². The summed E-state index contributed by atoms with van der Waals surface area (Å²) in [6.07, 6.45) is 6.18. The largest absolute Gasteiger partial charge is 0.497 e. The van der Waals surface area contributed by atoms with Gasteiger partial charge in [-0.15, -0.1) is 0 Å². The highest BCUT2D eigenvalue weighted by Crippen LogP contribution is 2.45. The molecular formula is C21H27NO. The van der Waals surface area contributed by atoms with Gasteiger partial charge in [-0.3, -0.25) is 0 Å². The van der Waals surface area contributed by atoms with Gasteiger partial charge in [0.05, 0.1) is 7.11 Å². The van der Waals surface area contributed by atoms with Gasteiger partial charge in [0.1, 0.15) is 5.75 Å². The van der Waals surface area contributed by atoms with Gasteiger partial charge in [0.15, 0.2) is 0 Å². The number of rotatable bonds is 5. The first-order valence-corrected chi connectivity index (χ1v) is 8.75. The average molecular weight is 309 g/mol. The lowest BCUT2D eigenvalue weighted by Gasteiger charge is -2.33. The van der Waals surface area contributed by atoms with E-state index in [1.54, 1.807) is 7.11 Å². The van der Waals surface area contributed by atoms with Crippen molar-refractivity contribution < 1.29 is 4.74 Å². The van der Waals surface area contributed by atoms with E-state index in [-0.39, 0.29) is 0 Å². The van der Waals surface area contributed by atoms with Crippen LogP contribution in [0.15, 0.2) is 48.5 Å². The molecule has 1 fully saturated rings. The minimum absolute atomic E-state index is 0.605. The maximum absolute atomic E-state index is 5.82. The molecule has 2 aromatic rings. The Morgan fingerprint density at radius 2 is 1.65 bits per heavy atom. The number of methoxy groups -OCH3 is 1. The van der Waals surface area contributed by atoms with E-state index < -0.39 is 0 Å². The Morgan fingerprint density at radius 3 is 2.35 bits per heavy atom. The second kappa shape index (κ2) is 7.65. The van der Waals surface area contributed by atoms with Gasteiger partial charge in [-0.1, -0.05) is 49.2 Å². The van der Waals surface area contributed by atoms with E-state index in [1.807, 2.05) is 0 Å². The van der Waals surface area contributed by atoms with Crippen molar-refractivity contribution in [3.05, 3.63) is 65.2 Å². The number of nitrogens with two attached hydrogens (primary N) is 1. The molecule has 0 unspecified atom stereocenters. The second-order valence-corrected chi connectivity index (χ2v) is 6.51. The molecule has 2 atom stereocenters. The fraction of sp³-hybridized carbons (Fsp3) is 0.429. The predicted octanol–water partition coefficient (Wildman–Crippen LogP) is 4.64. The molecule has 0 saturated heterocycles. The normalized spacial score (nSPS) is 21.1. The van der Waals surface area contributed by atoms with Crippen LogP contribution < -0.4 is 10.5 Å². The number of benzene rings is 2. The maximum atomic E-state index is 5.82. The molecule has 2 heteroatoms. The van der Waals surface area contributed by atoms with Crippen molar-refractivity contribution in [3.8, 4) is 5.75 Å². The van der Waals surface area contributed by atoms with E-state index in [9.17, 15) is 0 Å². The molecule has 0 aromatic heterocycles. The number of hydrogen-bond acceptors (Lipinski definition) is 2. The van der Waals surface area contributed by atoms with Crippen LogP contribution in [0.3, 0.4) is 0 Å². The first-order valence-electron chi connectivity index (χ1n) is 8.75. The van der Waals surface area contributed by atoms with Gasteiger partial charge >= 0.3 is 0 Å². The monoisotopic (exact) mass is 309 g/mol. The van der Waals surface area contributed by atoms with Crippen molar-refractivity contribution in [1.29, 1.82) is 0 Å². The molecule has 2 N–H and O–H groups in total. The van der Waals surface area contributed by atoms with Crippen molar-refractivity contribution in [2.24, 2.45) is 5.73 Å². The minimum Gasteiger partial charge on any atom is -0.497 e. The first kappa shape index (κ1) is 16.1. The Labute approximate surface area is 139 Å². The molecule has 122 valence electrons. The van der Waals surface area contributed by atoms with Crippen LogP contribution in [0.5, 0.6) is 5.75 Å². The second-order valence-electron chi connectivity index (χ2n) is 6.51. The van der Waals surface area contributed by atoms with Gasteiger partial charge in [-0.25, -0.2) is 0 Å². The van der Waals surface area contributed by atoms with Crippen LogP contribution in [-0.4, -0.2) is 13.7 Å². The SMILES string of the molecule is COc1ccc([C@H]2CCCC[C@H]2c2ccccc2CCN)cc1. The van der Waals surface area contributed by atoms with Crippen molar-refractivity contribution in [2.45, 2.75) is 43.9 Å². The van der Waals surface area contributed by atoms with Crippen molar-refractivity contribution in [2.75, 3.05) is 13.7 Å². The van der Waals surface area contributed by atoms with E-state index in [1.165, 1.54) is 42.4 Å². The Hall–Kier alpha value is -1.80. The Balaban J connectivity index is 1.92. The summed E-state index contributed by atoms with van der Waals surface area (Å²) in [7, 11) is 1.72. The zero-order valence-corrected chi connectivity index (χ0v) is 14.0. The van der Waals surface area contributed by atoms with Crippen LogP contribution in [0.2, 0.25) is 0 Å². The van der Waals surface area contributed by atoms with E-state index >= 15 is 0 Å².